The summed E-state index contributed by atoms with van der Waals surface area (Å²) in [7, 11) is 0. The molecule has 0 aliphatic rings. The van der Waals surface area contributed by atoms with Crippen LogP contribution in [0.1, 0.15) is 49.8 Å². The molecular weight excluding hydrogens is 432 g/mol. The fourth-order valence-corrected chi connectivity index (χ4v) is 4.08. The molecule has 3 rings (SSSR count). The number of hydrogen-bond donors (Lipinski definition) is 1. The first-order valence-electron chi connectivity index (χ1n) is 11.3. The van der Waals surface area contributed by atoms with Gasteiger partial charge in [0.2, 0.25) is 11.8 Å². The van der Waals surface area contributed by atoms with Crippen LogP contribution >= 0.6 is 11.6 Å². The molecule has 33 heavy (non-hydrogen) atoms. The number of benzene rings is 3. The van der Waals surface area contributed by atoms with Crippen LogP contribution in [0.25, 0.3) is 0 Å². The van der Waals surface area contributed by atoms with Crippen molar-refractivity contribution < 1.29 is 9.59 Å². The highest BCUT2D eigenvalue weighted by molar-refractivity contribution is 6.31. The maximum atomic E-state index is 13.8. The van der Waals surface area contributed by atoms with Crippen molar-refractivity contribution in [1.29, 1.82) is 0 Å². The van der Waals surface area contributed by atoms with Gasteiger partial charge in [-0.05, 0) is 43.5 Å². The highest BCUT2D eigenvalue weighted by Crippen LogP contribution is 2.30. The Morgan fingerprint density at radius 2 is 1.33 bits per heavy atom. The van der Waals surface area contributed by atoms with Gasteiger partial charge < -0.3 is 10.2 Å². The quantitative estimate of drug-likeness (QED) is 0.436. The normalized spacial score (nSPS) is 11.9. The van der Waals surface area contributed by atoms with Gasteiger partial charge >= 0.3 is 0 Å². The Morgan fingerprint density at radius 3 is 1.85 bits per heavy atom. The standard InChI is InChI=1S/C28H31ClN2O2/c1-20(2)30-28(33)21(3)31(19-24-16-10-11-17-26(24)29)27(32)18-25(22-12-6-4-7-13-22)23-14-8-5-9-15-23/h4-17,20-21,25H,18-19H2,1-3H3,(H,30,33)/t21-/m1/s1. The van der Waals surface area contributed by atoms with Gasteiger partial charge in [0.25, 0.3) is 0 Å². The summed E-state index contributed by atoms with van der Waals surface area (Å²) in [5.74, 6) is -0.394. The Labute approximate surface area is 201 Å². The van der Waals surface area contributed by atoms with Crippen LogP contribution in [-0.2, 0) is 16.1 Å². The first-order chi connectivity index (χ1) is 15.9. The molecule has 0 aliphatic heterocycles. The molecule has 0 bridgehead atoms. The van der Waals surface area contributed by atoms with Gasteiger partial charge in [0.05, 0.1) is 0 Å². The maximum absolute atomic E-state index is 13.8. The Kier molecular flexibility index (Phi) is 8.67. The van der Waals surface area contributed by atoms with Crippen LogP contribution in [-0.4, -0.2) is 28.8 Å². The third-order valence-corrected chi connectivity index (χ3v) is 6.05. The van der Waals surface area contributed by atoms with E-state index in [9.17, 15) is 9.59 Å². The molecule has 0 aliphatic carbocycles. The van der Waals surface area contributed by atoms with E-state index >= 15 is 0 Å². The lowest BCUT2D eigenvalue weighted by Gasteiger charge is -2.31. The van der Waals surface area contributed by atoms with E-state index in [0.717, 1.165) is 16.7 Å². The van der Waals surface area contributed by atoms with Gasteiger partial charge in [0.1, 0.15) is 6.04 Å². The number of hydrogen-bond acceptors (Lipinski definition) is 2. The molecule has 0 saturated heterocycles. The van der Waals surface area contributed by atoms with E-state index in [2.05, 4.69) is 5.32 Å². The molecule has 1 atom stereocenters. The van der Waals surface area contributed by atoms with Crippen molar-refractivity contribution in [3.63, 3.8) is 0 Å². The van der Waals surface area contributed by atoms with Gasteiger partial charge in [0.15, 0.2) is 0 Å². The summed E-state index contributed by atoms with van der Waals surface area (Å²) in [4.78, 5) is 28.2. The summed E-state index contributed by atoms with van der Waals surface area (Å²) in [6.45, 7) is 5.85. The van der Waals surface area contributed by atoms with Crippen molar-refractivity contribution in [2.45, 2.75) is 51.7 Å². The number of amides is 2. The van der Waals surface area contributed by atoms with Gasteiger partial charge in [0, 0.05) is 29.9 Å². The van der Waals surface area contributed by atoms with E-state index in [1.165, 1.54) is 0 Å². The number of nitrogens with one attached hydrogen (secondary N) is 1. The largest absolute Gasteiger partial charge is 0.352 e. The van der Waals surface area contributed by atoms with Crippen LogP contribution in [0.4, 0.5) is 0 Å². The van der Waals surface area contributed by atoms with Crippen molar-refractivity contribution in [1.82, 2.24) is 10.2 Å². The van der Waals surface area contributed by atoms with Gasteiger partial charge in [-0.15, -0.1) is 0 Å². The fraction of sp³-hybridized carbons (Fsp3) is 0.286. The van der Waals surface area contributed by atoms with E-state index in [1.807, 2.05) is 92.7 Å². The summed E-state index contributed by atoms with van der Waals surface area (Å²) in [6.07, 6.45) is 0.248. The zero-order valence-electron chi connectivity index (χ0n) is 19.4. The molecule has 0 radical (unpaired) electrons. The first kappa shape index (κ1) is 24.5. The minimum absolute atomic E-state index is 0.0152. The molecule has 3 aromatic rings. The zero-order chi connectivity index (χ0) is 23.8. The topological polar surface area (TPSA) is 49.4 Å². The van der Waals surface area contributed by atoms with Gasteiger partial charge in [-0.1, -0.05) is 90.5 Å². The monoisotopic (exact) mass is 462 g/mol. The van der Waals surface area contributed by atoms with E-state index in [0.29, 0.717) is 5.02 Å². The smallest absolute Gasteiger partial charge is 0.242 e. The lowest BCUT2D eigenvalue weighted by Crippen LogP contribution is -2.49. The third-order valence-electron chi connectivity index (χ3n) is 5.68. The molecule has 1 N–H and O–H groups in total. The number of rotatable bonds is 9. The molecule has 3 aromatic carbocycles. The van der Waals surface area contributed by atoms with Crippen molar-refractivity contribution >= 4 is 23.4 Å². The van der Waals surface area contributed by atoms with Crippen LogP contribution in [0.5, 0.6) is 0 Å². The van der Waals surface area contributed by atoms with Crippen LogP contribution in [0.15, 0.2) is 84.9 Å². The molecule has 0 saturated carbocycles. The summed E-state index contributed by atoms with van der Waals surface area (Å²) >= 11 is 6.40. The van der Waals surface area contributed by atoms with E-state index in [1.54, 1.807) is 17.9 Å². The Balaban J connectivity index is 1.93. The van der Waals surface area contributed by atoms with Crippen molar-refractivity contribution in [3.8, 4) is 0 Å². The molecule has 172 valence electrons. The van der Waals surface area contributed by atoms with Gasteiger partial charge in [-0.25, -0.2) is 0 Å². The average Bonchev–Trinajstić information content (AvgIpc) is 2.82. The summed E-state index contributed by atoms with van der Waals surface area (Å²) in [5, 5.41) is 3.51. The zero-order valence-corrected chi connectivity index (χ0v) is 20.1. The SMILES string of the molecule is CC(C)NC(=O)[C@@H](C)N(Cc1ccccc1Cl)C(=O)CC(c1ccccc1)c1ccccc1. The summed E-state index contributed by atoms with van der Waals surface area (Å²) in [6, 6.07) is 26.8. The molecular formula is C28H31ClN2O2. The molecule has 0 spiro atoms. The predicted octanol–water partition coefficient (Wildman–Crippen LogP) is 5.80. The number of halogens is 1. The predicted molar refractivity (Wildman–Crippen MR) is 134 cm³/mol. The second kappa shape index (κ2) is 11.7. The second-order valence-electron chi connectivity index (χ2n) is 8.53. The minimum Gasteiger partial charge on any atom is -0.352 e. The molecule has 0 fully saturated rings. The van der Waals surface area contributed by atoms with E-state index in [-0.39, 0.29) is 36.7 Å². The molecule has 0 unspecified atom stereocenters. The lowest BCUT2D eigenvalue weighted by molar-refractivity contribution is -0.141. The maximum Gasteiger partial charge on any atom is 0.242 e. The fourth-order valence-electron chi connectivity index (χ4n) is 3.89. The molecule has 0 heterocycles. The average molecular weight is 463 g/mol. The van der Waals surface area contributed by atoms with Gasteiger partial charge in [-0.2, -0.15) is 0 Å². The van der Waals surface area contributed by atoms with Crippen molar-refractivity contribution in [2.75, 3.05) is 0 Å². The van der Waals surface area contributed by atoms with E-state index in [4.69, 9.17) is 11.6 Å². The molecule has 0 aromatic heterocycles. The van der Waals surface area contributed by atoms with Crippen LogP contribution in [0, 0.1) is 0 Å². The van der Waals surface area contributed by atoms with Crippen LogP contribution < -0.4 is 5.32 Å². The Hall–Kier alpha value is -3.11. The first-order valence-corrected chi connectivity index (χ1v) is 11.7. The van der Waals surface area contributed by atoms with Crippen molar-refractivity contribution in [2.24, 2.45) is 0 Å². The minimum atomic E-state index is -0.636. The number of nitrogens with zero attached hydrogens (tertiary/aromatic N) is 1. The van der Waals surface area contributed by atoms with E-state index < -0.39 is 6.04 Å². The number of carbonyl (C=O) groups is 2. The molecule has 2 amide bonds. The third kappa shape index (κ3) is 6.69. The summed E-state index contributed by atoms with van der Waals surface area (Å²) in [5.41, 5.74) is 2.94. The van der Waals surface area contributed by atoms with Gasteiger partial charge in [-0.3, -0.25) is 9.59 Å². The Morgan fingerprint density at radius 1 is 0.818 bits per heavy atom. The highest BCUT2D eigenvalue weighted by atomic mass is 35.5. The molecule has 4 nitrogen and oxygen atoms in total. The summed E-state index contributed by atoms with van der Waals surface area (Å²) < 4.78 is 0. The van der Waals surface area contributed by atoms with Crippen molar-refractivity contribution in [3.05, 3.63) is 107 Å². The Bertz CT molecular complexity index is 1010. The van der Waals surface area contributed by atoms with Crippen LogP contribution in [0.2, 0.25) is 5.02 Å². The van der Waals surface area contributed by atoms with Crippen LogP contribution in [0.3, 0.4) is 0 Å². The number of carbonyl (C=O) groups excluding carboxylic acids is 2. The lowest BCUT2D eigenvalue weighted by atomic mass is 9.88. The molecule has 5 heteroatoms. The second-order valence-corrected chi connectivity index (χ2v) is 8.94. The highest BCUT2D eigenvalue weighted by Gasteiger charge is 2.29.